The summed E-state index contributed by atoms with van der Waals surface area (Å²) < 4.78 is 46.9. The van der Waals surface area contributed by atoms with Crippen LogP contribution in [0.1, 0.15) is 28.5 Å². The minimum atomic E-state index is -4.70. The summed E-state index contributed by atoms with van der Waals surface area (Å²) in [6, 6.07) is 5.58. The Morgan fingerprint density at radius 2 is 2.06 bits per heavy atom. The summed E-state index contributed by atoms with van der Waals surface area (Å²) in [5.41, 5.74) is -1.13. The van der Waals surface area contributed by atoms with Gasteiger partial charge in [-0.1, -0.05) is 0 Å². The molecule has 0 aliphatic carbocycles. The maximum Gasteiger partial charge on any atom is 0.417 e. The number of carbonyl (C=O) groups is 2. The van der Waals surface area contributed by atoms with Crippen molar-refractivity contribution in [3.63, 3.8) is 0 Å². The van der Waals surface area contributed by atoms with Crippen molar-refractivity contribution in [3.05, 3.63) is 47.3 Å². The lowest BCUT2D eigenvalue weighted by Crippen LogP contribution is -2.61. The lowest BCUT2D eigenvalue weighted by atomic mass is 10.0. The van der Waals surface area contributed by atoms with E-state index in [-0.39, 0.29) is 44.2 Å². The number of aryl methyl sites for hydroxylation is 1. The van der Waals surface area contributed by atoms with E-state index in [0.717, 1.165) is 12.1 Å². The van der Waals surface area contributed by atoms with E-state index in [0.29, 0.717) is 6.54 Å². The lowest BCUT2D eigenvalue weighted by molar-refractivity contribution is -0.137. The van der Waals surface area contributed by atoms with E-state index in [1.54, 1.807) is 27.9 Å². The minimum Gasteiger partial charge on any atom is -0.383 e. The number of methoxy groups -OCH3 is 1. The number of ether oxygens (including phenoxy) is 1. The van der Waals surface area contributed by atoms with Crippen LogP contribution in [0.4, 0.5) is 18.9 Å². The largest absolute Gasteiger partial charge is 0.417 e. The van der Waals surface area contributed by atoms with E-state index in [9.17, 15) is 22.8 Å². The van der Waals surface area contributed by atoms with Gasteiger partial charge in [-0.05, 0) is 31.2 Å². The van der Waals surface area contributed by atoms with Crippen molar-refractivity contribution in [3.8, 4) is 6.07 Å². The molecule has 1 unspecified atom stereocenters. The van der Waals surface area contributed by atoms with Gasteiger partial charge in [0.15, 0.2) is 0 Å². The van der Waals surface area contributed by atoms with Crippen LogP contribution in [0.15, 0.2) is 30.5 Å². The van der Waals surface area contributed by atoms with Gasteiger partial charge >= 0.3 is 6.18 Å². The fourth-order valence-electron chi connectivity index (χ4n) is 3.74. The van der Waals surface area contributed by atoms with E-state index in [4.69, 9.17) is 10.00 Å². The Bertz CT molecular complexity index is 1080. The third-order valence-corrected chi connectivity index (χ3v) is 5.53. The molecule has 0 bridgehead atoms. The molecule has 1 aliphatic rings. The van der Waals surface area contributed by atoms with Crippen molar-refractivity contribution >= 4 is 17.5 Å². The third-order valence-electron chi connectivity index (χ3n) is 5.53. The Kier molecular flexibility index (Phi) is 7.78. The second kappa shape index (κ2) is 10.6. The van der Waals surface area contributed by atoms with Crippen LogP contribution >= 0.6 is 0 Å². The fraction of sp³-hybridized carbons (Fsp3) is 0.455. The van der Waals surface area contributed by atoms with Gasteiger partial charge in [0, 0.05) is 51.7 Å². The number of aromatic nitrogens is 2. The molecule has 1 fully saturated rings. The van der Waals surface area contributed by atoms with Crippen molar-refractivity contribution in [2.45, 2.75) is 25.7 Å². The second-order valence-corrected chi connectivity index (χ2v) is 7.64. The molecule has 0 saturated carbocycles. The summed E-state index contributed by atoms with van der Waals surface area (Å²) in [5, 5.41) is 16.0. The number of nitrogens with one attached hydrogen (secondary N) is 1. The van der Waals surface area contributed by atoms with Crippen LogP contribution in [0, 0.1) is 11.3 Å². The molecule has 3 rings (SSSR count). The highest BCUT2D eigenvalue weighted by atomic mass is 19.4. The monoisotopic (exact) mass is 478 g/mol. The number of hydrogen-bond donors (Lipinski definition) is 1. The Morgan fingerprint density at radius 1 is 1.29 bits per heavy atom. The zero-order chi connectivity index (χ0) is 24.9. The number of carbonyl (C=O) groups excluding carboxylic acids is 2. The van der Waals surface area contributed by atoms with Crippen molar-refractivity contribution in [1.29, 1.82) is 5.26 Å². The van der Waals surface area contributed by atoms with Gasteiger partial charge in [0.1, 0.15) is 11.7 Å². The van der Waals surface area contributed by atoms with Crippen LogP contribution in [0.25, 0.3) is 0 Å². The number of alkyl halides is 3. The number of amides is 2. The number of nitriles is 1. The lowest BCUT2D eigenvalue weighted by Gasteiger charge is -2.41. The van der Waals surface area contributed by atoms with Gasteiger partial charge in [-0.3, -0.25) is 14.3 Å². The quantitative estimate of drug-likeness (QED) is 0.610. The van der Waals surface area contributed by atoms with Crippen molar-refractivity contribution < 1.29 is 27.5 Å². The minimum absolute atomic E-state index is 0.0256. The van der Waals surface area contributed by atoms with E-state index < -0.39 is 35.2 Å². The summed E-state index contributed by atoms with van der Waals surface area (Å²) in [4.78, 5) is 29.1. The van der Waals surface area contributed by atoms with Crippen LogP contribution in [-0.2, 0) is 22.3 Å². The molecular weight excluding hydrogens is 453 g/mol. The molecule has 1 aliphatic heterocycles. The van der Waals surface area contributed by atoms with Gasteiger partial charge in [0.25, 0.3) is 5.91 Å². The summed E-state index contributed by atoms with van der Waals surface area (Å²) >= 11 is 0. The highest BCUT2D eigenvalue weighted by molar-refractivity contribution is 5.96. The predicted octanol–water partition coefficient (Wildman–Crippen LogP) is 1.89. The second-order valence-electron chi connectivity index (χ2n) is 7.64. The summed E-state index contributed by atoms with van der Waals surface area (Å²) in [6.07, 6.45) is -3.04. The summed E-state index contributed by atoms with van der Waals surface area (Å²) in [6.45, 7) is 3.20. The Labute approximate surface area is 194 Å². The number of piperazine rings is 1. The topological polar surface area (TPSA) is 103 Å². The molecule has 0 radical (unpaired) electrons. The van der Waals surface area contributed by atoms with Crippen LogP contribution in [0.2, 0.25) is 0 Å². The first-order chi connectivity index (χ1) is 16.2. The predicted molar refractivity (Wildman–Crippen MR) is 116 cm³/mol. The van der Waals surface area contributed by atoms with E-state index in [1.807, 2.05) is 6.92 Å². The highest BCUT2D eigenvalue weighted by Crippen LogP contribution is 2.35. The maximum atomic E-state index is 13.4. The molecule has 2 heterocycles. The number of nitrogens with zero attached hydrogens (tertiary/aromatic N) is 5. The molecular formula is C22H25F3N6O3. The van der Waals surface area contributed by atoms with Gasteiger partial charge in [0.05, 0.1) is 23.8 Å². The van der Waals surface area contributed by atoms with Crippen LogP contribution < -0.4 is 10.2 Å². The molecule has 9 nitrogen and oxygen atoms in total. The first kappa shape index (κ1) is 25.0. The average molecular weight is 478 g/mol. The SMILES string of the molecule is CCn1ccc(C(=O)N2CCN(c3ccc(C#N)c(C(F)(F)F)c3)CC2C(=O)NCCOC)n1. The van der Waals surface area contributed by atoms with E-state index in [1.165, 1.54) is 18.1 Å². The summed E-state index contributed by atoms with van der Waals surface area (Å²) in [7, 11) is 1.48. The first-order valence-corrected chi connectivity index (χ1v) is 10.7. The third kappa shape index (κ3) is 5.48. The van der Waals surface area contributed by atoms with Gasteiger partial charge in [0.2, 0.25) is 5.91 Å². The fourth-order valence-corrected chi connectivity index (χ4v) is 3.74. The molecule has 1 saturated heterocycles. The Morgan fingerprint density at radius 3 is 2.68 bits per heavy atom. The van der Waals surface area contributed by atoms with Crippen molar-refractivity contribution in [2.75, 3.05) is 44.8 Å². The zero-order valence-corrected chi connectivity index (χ0v) is 18.8. The smallest absolute Gasteiger partial charge is 0.383 e. The standard InChI is InChI=1S/C22H25F3N6O3/c1-3-30-8-6-18(28-30)21(33)31-10-9-29(14-19(31)20(32)27-7-11-34-2)16-5-4-15(13-26)17(12-16)22(23,24)25/h4-6,8,12,19H,3,7,9-11,14H2,1-2H3,(H,27,32). The molecule has 1 atom stereocenters. The Balaban J connectivity index is 1.88. The van der Waals surface area contributed by atoms with Crippen LogP contribution in [-0.4, -0.2) is 72.4 Å². The zero-order valence-electron chi connectivity index (χ0n) is 18.8. The molecule has 34 heavy (non-hydrogen) atoms. The van der Waals surface area contributed by atoms with Crippen molar-refractivity contribution in [2.24, 2.45) is 0 Å². The number of hydrogen-bond acceptors (Lipinski definition) is 6. The van der Waals surface area contributed by atoms with Gasteiger partial charge in [-0.15, -0.1) is 0 Å². The van der Waals surface area contributed by atoms with Gasteiger partial charge in [-0.25, -0.2) is 0 Å². The maximum absolute atomic E-state index is 13.4. The Hall–Kier alpha value is -3.59. The molecule has 2 amide bonds. The van der Waals surface area contributed by atoms with E-state index in [2.05, 4.69) is 10.4 Å². The molecule has 0 spiro atoms. The molecule has 2 aromatic rings. The number of benzene rings is 1. The molecule has 12 heteroatoms. The van der Waals surface area contributed by atoms with E-state index >= 15 is 0 Å². The number of halogens is 3. The number of rotatable bonds is 7. The first-order valence-electron chi connectivity index (χ1n) is 10.7. The highest BCUT2D eigenvalue weighted by Gasteiger charge is 2.38. The molecule has 182 valence electrons. The van der Waals surface area contributed by atoms with Crippen LogP contribution in [0.5, 0.6) is 0 Å². The average Bonchev–Trinajstić information content (AvgIpc) is 3.32. The molecule has 1 N–H and O–H groups in total. The van der Waals surface area contributed by atoms with Gasteiger partial charge in [-0.2, -0.15) is 23.5 Å². The molecule has 1 aromatic heterocycles. The van der Waals surface area contributed by atoms with Gasteiger partial charge < -0.3 is 19.9 Å². The van der Waals surface area contributed by atoms with Crippen LogP contribution in [0.3, 0.4) is 0 Å². The number of anilines is 1. The molecule has 1 aromatic carbocycles. The summed E-state index contributed by atoms with van der Waals surface area (Å²) in [5.74, 6) is -0.885. The normalized spacial score (nSPS) is 16.3. The van der Waals surface area contributed by atoms with Crippen molar-refractivity contribution in [1.82, 2.24) is 20.0 Å².